The van der Waals surface area contributed by atoms with Gasteiger partial charge in [-0.05, 0) is 24.8 Å². The molecule has 0 saturated heterocycles. The van der Waals surface area contributed by atoms with Crippen molar-refractivity contribution >= 4 is 11.7 Å². The van der Waals surface area contributed by atoms with Gasteiger partial charge in [-0.3, -0.25) is 0 Å². The van der Waals surface area contributed by atoms with Crippen LogP contribution in [0.1, 0.15) is 23.2 Å². The average Bonchev–Trinajstić information content (AvgIpc) is 2.69. The second kappa shape index (κ2) is 4.33. The van der Waals surface area contributed by atoms with Gasteiger partial charge < -0.3 is 10.4 Å². The second-order valence-corrected chi connectivity index (χ2v) is 5.10. The molecule has 0 aromatic heterocycles. The Morgan fingerprint density at radius 2 is 2.11 bits per heavy atom. The van der Waals surface area contributed by atoms with Gasteiger partial charge in [0.15, 0.2) is 0 Å². The number of hydrogen-bond donors (Lipinski definition) is 2. The van der Waals surface area contributed by atoms with Gasteiger partial charge in [0.1, 0.15) is 11.6 Å². The minimum atomic E-state index is -1.40. The fourth-order valence-electron chi connectivity index (χ4n) is 2.91. The highest BCUT2D eigenvalue weighted by Crippen LogP contribution is 2.44. The Labute approximate surface area is 108 Å². The number of carboxylic acids is 1. The van der Waals surface area contributed by atoms with Crippen LogP contribution in [-0.2, 0) is 0 Å². The van der Waals surface area contributed by atoms with Gasteiger partial charge in [0.05, 0.1) is 11.3 Å². The van der Waals surface area contributed by atoms with Crippen molar-refractivity contribution in [1.29, 1.82) is 0 Å². The van der Waals surface area contributed by atoms with Crippen LogP contribution in [0.15, 0.2) is 24.3 Å². The van der Waals surface area contributed by atoms with Crippen molar-refractivity contribution in [3.8, 4) is 0 Å². The van der Waals surface area contributed by atoms with Crippen LogP contribution < -0.4 is 5.32 Å². The molecular weight excluding hydrogens is 252 g/mol. The predicted molar refractivity (Wildman–Crippen MR) is 66.1 cm³/mol. The molecule has 0 heterocycles. The topological polar surface area (TPSA) is 49.3 Å². The molecule has 3 nitrogen and oxygen atoms in total. The molecule has 3 rings (SSSR count). The van der Waals surface area contributed by atoms with E-state index >= 15 is 0 Å². The number of carboxylic acid groups (broad SMARTS) is 1. The van der Waals surface area contributed by atoms with Gasteiger partial charge >= 0.3 is 5.97 Å². The predicted octanol–water partition coefficient (Wildman–Crippen LogP) is 3.04. The van der Waals surface area contributed by atoms with E-state index in [2.05, 4.69) is 17.5 Å². The van der Waals surface area contributed by atoms with Gasteiger partial charge in [0, 0.05) is 18.0 Å². The summed E-state index contributed by atoms with van der Waals surface area (Å²) >= 11 is 0. The molecule has 0 bridgehead atoms. The SMILES string of the molecule is O=C(O)c1cc(NC2CC3CC=CC32)c(F)cc1F. The number of hydrogen-bond acceptors (Lipinski definition) is 2. The molecule has 1 fully saturated rings. The maximum Gasteiger partial charge on any atom is 0.338 e. The Bertz CT molecular complexity index is 571. The maximum absolute atomic E-state index is 13.6. The van der Waals surface area contributed by atoms with Gasteiger partial charge in [-0.1, -0.05) is 12.2 Å². The van der Waals surface area contributed by atoms with E-state index in [0.717, 1.165) is 18.9 Å². The highest BCUT2D eigenvalue weighted by Gasteiger charge is 2.41. The molecule has 2 N–H and O–H groups in total. The molecule has 1 saturated carbocycles. The molecule has 0 radical (unpaired) electrons. The number of anilines is 1. The van der Waals surface area contributed by atoms with Crippen LogP contribution in [0.2, 0.25) is 0 Å². The molecule has 1 aromatic carbocycles. The number of rotatable bonds is 3. The molecule has 1 aromatic rings. The van der Waals surface area contributed by atoms with Crippen LogP contribution in [0.5, 0.6) is 0 Å². The van der Waals surface area contributed by atoms with Gasteiger partial charge in [0.2, 0.25) is 0 Å². The Kier molecular flexibility index (Phi) is 2.77. The van der Waals surface area contributed by atoms with E-state index in [4.69, 9.17) is 5.11 Å². The Morgan fingerprint density at radius 3 is 2.79 bits per heavy atom. The number of benzene rings is 1. The molecular formula is C14H13F2NO2. The van der Waals surface area contributed by atoms with E-state index in [1.54, 1.807) is 0 Å². The minimum absolute atomic E-state index is 0.0579. The fraction of sp³-hybridized carbons (Fsp3) is 0.357. The number of aromatic carboxylic acids is 1. The van der Waals surface area contributed by atoms with Crippen LogP contribution in [0.25, 0.3) is 0 Å². The molecule has 0 spiro atoms. The number of nitrogens with one attached hydrogen (secondary N) is 1. The van der Waals surface area contributed by atoms with Crippen LogP contribution in [0.4, 0.5) is 14.5 Å². The summed E-state index contributed by atoms with van der Waals surface area (Å²) in [5.74, 6) is -2.22. The molecule has 0 amide bonds. The lowest BCUT2D eigenvalue weighted by Crippen LogP contribution is -2.43. The summed E-state index contributed by atoms with van der Waals surface area (Å²) in [7, 11) is 0. The summed E-state index contributed by atoms with van der Waals surface area (Å²) in [5.41, 5.74) is -0.454. The summed E-state index contributed by atoms with van der Waals surface area (Å²) in [5, 5.41) is 11.8. The third kappa shape index (κ3) is 1.99. The van der Waals surface area contributed by atoms with E-state index in [9.17, 15) is 13.6 Å². The third-order valence-electron chi connectivity index (χ3n) is 3.99. The molecule has 2 aliphatic carbocycles. The van der Waals surface area contributed by atoms with Crippen LogP contribution >= 0.6 is 0 Å². The second-order valence-electron chi connectivity index (χ2n) is 5.10. The van der Waals surface area contributed by atoms with E-state index in [-0.39, 0.29) is 11.7 Å². The zero-order valence-corrected chi connectivity index (χ0v) is 10.1. The van der Waals surface area contributed by atoms with E-state index in [1.807, 2.05) is 0 Å². The highest BCUT2D eigenvalue weighted by molar-refractivity contribution is 5.89. The average molecular weight is 265 g/mol. The number of allylic oxidation sites excluding steroid dienone is 1. The maximum atomic E-state index is 13.6. The van der Waals surface area contributed by atoms with Gasteiger partial charge in [0.25, 0.3) is 0 Å². The van der Waals surface area contributed by atoms with E-state index in [1.165, 1.54) is 0 Å². The lowest BCUT2D eigenvalue weighted by Gasteiger charge is -2.41. The summed E-state index contributed by atoms with van der Waals surface area (Å²) < 4.78 is 26.9. The van der Waals surface area contributed by atoms with Crippen molar-refractivity contribution in [3.63, 3.8) is 0 Å². The van der Waals surface area contributed by atoms with Gasteiger partial charge in [-0.25, -0.2) is 13.6 Å². The summed E-state index contributed by atoms with van der Waals surface area (Å²) in [6.07, 6.45) is 6.19. The molecule has 3 unspecified atom stereocenters. The normalized spacial score (nSPS) is 27.8. The van der Waals surface area contributed by atoms with E-state index in [0.29, 0.717) is 17.9 Å². The van der Waals surface area contributed by atoms with Crippen molar-refractivity contribution in [2.24, 2.45) is 11.8 Å². The third-order valence-corrected chi connectivity index (χ3v) is 3.99. The molecule has 100 valence electrons. The highest BCUT2D eigenvalue weighted by atomic mass is 19.1. The van der Waals surface area contributed by atoms with Crippen molar-refractivity contribution in [3.05, 3.63) is 41.5 Å². The minimum Gasteiger partial charge on any atom is -0.478 e. The van der Waals surface area contributed by atoms with Crippen LogP contribution in [0.3, 0.4) is 0 Å². The zero-order valence-electron chi connectivity index (χ0n) is 10.1. The number of fused-ring (bicyclic) bond motifs is 1. The Hall–Kier alpha value is -1.91. The summed E-state index contributed by atoms with van der Waals surface area (Å²) in [6, 6.07) is 1.75. The fourth-order valence-corrected chi connectivity index (χ4v) is 2.91. The summed E-state index contributed by atoms with van der Waals surface area (Å²) in [4.78, 5) is 10.8. The lowest BCUT2D eigenvalue weighted by molar-refractivity contribution is 0.0692. The quantitative estimate of drug-likeness (QED) is 0.826. The van der Waals surface area contributed by atoms with Crippen LogP contribution in [0, 0.1) is 23.5 Å². The Balaban J connectivity index is 1.82. The van der Waals surface area contributed by atoms with Crippen LogP contribution in [-0.4, -0.2) is 17.1 Å². The first kappa shape index (κ1) is 12.1. The van der Waals surface area contributed by atoms with Crippen molar-refractivity contribution < 1.29 is 18.7 Å². The molecule has 2 aliphatic rings. The van der Waals surface area contributed by atoms with Gasteiger partial charge in [-0.2, -0.15) is 0 Å². The molecule has 3 atom stereocenters. The standard InChI is InChI=1S/C14H13F2NO2/c15-10-6-11(16)13(5-9(10)14(18)19)17-12-4-7-2-1-3-8(7)12/h1,3,5-8,12,17H,2,4H2,(H,18,19). The number of halogens is 2. The zero-order chi connectivity index (χ0) is 13.6. The number of carbonyl (C=O) groups is 1. The van der Waals surface area contributed by atoms with Gasteiger partial charge in [-0.15, -0.1) is 0 Å². The van der Waals surface area contributed by atoms with Crippen molar-refractivity contribution in [2.75, 3.05) is 5.32 Å². The smallest absolute Gasteiger partial charge is 0.338 e. The van der Waals surface area contributed by atoms with E-state index < -0.39 is 23.2 Å². The molecule has 19 heavy (non-hydrogen) atoms. The molecule has 0 aliphatic heterocycles. The largest absolute Gasteiger partial charge is 0.478 e. The first-order chi connectivity index (χ1) is 9.06. The first-order valence-electron chi connectivity index (χ1n) is 6.22. The van der Waals surface area contributed by atoms with Crippen molar-refractivity contribution in [2.45, 2.75) is 18.9 Å². The molecule has 5 heteroatoms. The summed E-state index contributed by atoms with van der Waals surface area (Å²) in [6.45, 7) is 0. The first-order valence-corrected chi connectivity index (χ1v) is 6.22. The lowest BCUT2D eigenvalue weighted by atomic mass is 9.71. The van der Waals surface area contributed by atoms with Crippen molar-refractivity contribution in [1.82, 2.24) is 0 Å². The Morgan fingerprint density at radius 1 is 1.32 bits per heavy atom. The monoisotopic (exact) mass is 265 g/mol.